The molecule has 1 atom stereocenters. The number of hydrogen-bond donors (Lipinski definition) is 2. The molecule has 0 amide bonds. The lowest BCUT2D eigenvalue weighted by molar-refractivity contribution is 0.550. The number of allylic oxidation sites excluding steroid dienone is 2. The van der Waals surface area contributed by atoms with E-state index in [9.17, 15) is 0 Å². The molecule has 2 heteroatoms. The predicted octanol–water partition coefficient (Wildman–Crippen LogP) is 5.10. The monoisotopic (exact) mass is 336 g/mol. The van der Waals surface area contributed by atoms with Crippen molar-refractivity contribution in [3.8, 4) is 0 Å². The summed E-state index contributed by atoms with van der Waals surface area (Å²) in [7, 11) is 0. The third kappa shape index (κ3) is 2.23. The number of nitrogens with two attached hydrogens (primary N) is 2. The molecule has 0 bridgehead atoms. The van der Waals surface area contributed by atoms with Crippen molar-refractivity contribution in [2.24, 2.45) is 11.5 Å². The largest absolute Gasteiger partial charge is 0.402 e. The van der Waals surface area contributed by atoms with E-state index in [0.717, 1.165) is 11.3 Å². The van der Waals surface area contributed by atoms with E-state index in [1.54, 1.807) is 0 Å². The quantitative estimate of drug-likeness (QED) is 0.375. The predicted molar refractivity (Wildman–Crippen MR) is 111 cm³/mol. The molecule has 0 fully saturated rings. The molecule has 0 spiro atoms. The molecule has 0 saturated carbocycles. The zero-order chi connectivity index (χ0) is 17.7. The number of fused-ring (bicyclic) bond motifs is 4. The van der Waals surface area contributed by atoms with Gasteiger partial charge >= 0.3 is 0 Å². The molecular formula is C24H20N2. The number of hydrogen-bond acceptors (Lipinski definition) is 2. The van der Waals surface area contributed by atoms with Gasteiger partial charge in [-0.3, -0.25) is 0 Å². The first-order chi connectivity index (χ1) is 12.6. The standard InChI is InChI=1S/C24H20N2/c25-20-8-4-12-24(26,15-20)22-9-3-7-16-10-11-19-13-17-5-1-2-6-18(17)14-21(19)23(16)22/h1-14H,15,25-26H2. The van der Waals surface area contributed by atoms with Crippen molar-refractivity contribution in [2.75, 3.05) is 0 Å². The minimum Gasteiger partial charge on any atom is -0.402 e. The van der Waals surface area contributed by atoms with Gasteiger partial charge < -0.3 is 11.5 Å². The highest BCUT2D eigenvalue weighted by molar-refractivity contribution is 6.13. The van der Waals surface area contributed by atoms with Gasteiger partial charge in [0.1, 0.15) is 0 Å². The summed E-state index contributed by atoms with van der Waals surface area (Å²) in [6, 6.07) is 23.8. The van der Waals surface area contributed by atoms with Crippen LogP contribution in [-0.2, 0) is 5.54 Å². The zero-order valence-corrected chi connectivity index (χ0v) is 14.4. The highest BCUT2D eigenvalue weighted by Crippen LogP contribution is 2.38. The summed E-state index contributed by atoms with van der Waals surface area (Å²) in [6.45, 7) is 0. The van der Waals surface area contributed by atoms with E-state index < -0.39 is 5.54 Å². The van der Waals surface area contributed by atoms with Gasteiger partial charge in [-0.25, -0.2) is 0 Å². The normalized spacial score (nSPS) is 20.0. The summed E-state index contributed by atoms with van der Waals surface area (Å²) in [5.74, 6) is 0. The van der Waals surface area contributed by atoms with Crippen molar-refractivity contribution in [1.82, 2.24) is 0 Å². The summed E-state index contributed by atoms with van der Waals surface area (Å²) in [4.78, 5) is 0. The smallest absolute Gasteiger partial charge is 0.0659 e. The molecule has 2 nitrogen and oxygen atoms in total. The van der Waals surface area contributed by atoms with Crippen LogP contribution in [0.1, 0.15) is 12.0 Å². The second-order valence-electron chi connectivity index (χ2n) is 7.21. The molecule has 1 aliphatic carbocycles. The first-order valence-corrected chi connectivity index (χ1v) is 8.92. The molecule has 0 aromatic heterocycles. The molecule has 4 aromatic carbocycles. The fourth-order valence-electron chi connectivity index (χ4n) is 4.17. The highest BCUT2D eigenvalue weighted by Gasteiger charge is 2.29. The van der Waals surface area contributed by atoms with E-state index in [-0.39, 0.29) is 0 Å². The van der Waals surface area contributed by atoms with Crippen molar-refractivity contribution in [1.29, 1.82) is 0 Å². The third-order valence-electron chi connectivity index (χ3n) is 5.43. The van der Waals surface area contributed by atoms with Crippen LogP contribution < -0.4 is 11.5 Å². The van der Waals surface area contributed by atoms with Crippen LogP contribution in [0.2, 0.25) is 0 Å². The summed E-state index contributed by atoms with van der Waals surface area (Å²) in [5.41, 5.74) is 14.3. The van der Waals surface area contributed by atoms with Crippen molar-refractivity contribution < 1.29 is 0 Å². The van der Waals surface area contributed by atoms with E-state index >= 15 is 0 Å². The maximum atomic E-state index is 6.83. The van der Waals surface area contributed by atoms with Crippen LogP contribution in [-0.4, -0.2) is 0 Å². The van der Waals surface area contributed by atoms with Crippen LogP contribution in [0.5, 0.6) is 0 Å². The van der Waals surface area contributed by atoms with Gasteiger partial charge in [0, 0.05) is 12.1 Å². The van der Waals surface area contributed by atoms with E-state index in [1.807, 2.05) is 12.2 Å². The van der Waals surface area contributed by atoms with E-state index in [0.29, 0.717) is 6.42 Å². The maximum Gasteiger partial charge on any atom is 0.0659 e. The lowest BCUT2D eigenvalue weighted by Gasteiger charge is -2.30. The Morgan fingerprint density at radius 1 is 0.769 bits per heavy atom. The Morgan fingerprint density at radius 2 is 1.50 bits per heavy atom. The Bertz CT molecular complexity index is 1230. The first kappa shape index (κ1) is 15.2. The second-order valence-corrected chi connectivity index (χ2v) is 7.21. The van der Waals surface area contributed by atoms with Gasteiger partial charge in [0.15, 0.2) is 0 Å². The lowest BCUT2D eigenvalue weighted by Crippen LogP contribution is -2.37. The van der Waals surface area contributed by atoms with E-state index in [1.165, 1.54) is 32.3 Å². The number of rotatable bonds is 1. The molecule has 0 saturated heterocycles. The van der Waals surface area contributed by atoms with Crippen LogP contribution in [0.4, 0.5) is 0 Å². The summed E-state index contributed by atoms with van der Waals surface area (Å²) in [6.07, 6.45) is 6.60. The lowest BCUT2D eigenvalue weighted by atomic mass is 9.80. The Balaban J connectivity index is 1.90. The Morgan fingerprint density at radius 3 is 2.31 bits per heavy atom. The fraction of sp³-hybridized carbons (Fsp3) is 0.0833. The molecule has 1 aliphatic rings. The van der Waals surface area contributed by atoms with Gasteiger partial charge in [-0.05, 0) is 56.1 Å². The summed E-state index contributed by atoms with van der Waals surface area (Å²) < 4.78 is 0. The first-order valence-electron chi connectivity index (χ1n) is 8.92. The van der Waals surface area contributed by atoms with Crippen LogP contribution in [0.3, 0.4) is 0 Å². The van der Waals surface area contributed by atoms with Gasteiger partial charge in [-0.1, -0.05) is 66.7 Å². The van der Waals surface area contributed by atoms with Gasteiger partial charge in [-0.15, -0.1) is 0 Å². The molecule has 0 aliphatic heterocycles. The molecule has 4 aromatic rings. The van der Waals surface area contributed by atoms with Crippen LogP contribution in [0.25, 0.3) is 32.3 Å². The Kier molecular flexibility index (Phi) is 3.18. The molecule has 126 valence electrons. The Hall–Kier alpha value is -3.10. The minimum absolute atomic E-state index is 0.585. The topological polar surface area (TPSA) is 52.0 Å². The minimum atomic E-state index is -0.585. The summed E-state index contributed by atoms with van der Waals surface area (Å²) in [5, 5.41) is 7.39. The van der Waals surface area contributed by atoms with Gasteiger partial charge in [0.05, 0.1) is 5.54 Å². The summed E-state index contributed by atoms with van der Waals surface area (Å²) >= 11 is 0. The molecule has 5 rings (SSSR count). The zero-order valence-electron chi connectivity index (χ0n) is 14.4. The van der Waals surface area contributed by atoms with Crippen LogP contribution >= 0.6 is 0 Å². The van der Waals surface area contributed by atoms with E-state index in [2.05, 4.69) is 72.8 Å². The van der Waals surface area contributed by atoms with Crippen molar-refractivity contribution in [2.45, 2.75) is 12.0 Å². The molecule has 0 radical (unpaired) electrons. The van der Waals surface area contributed by atoms with Gasteiger partial charge in [0.2, 0.25) is 0 Å². The van der Waals surface area contributed by atoms with Gasteiger partial charge in [0.25, 0.3) is 0 Å². The van der Waals surface area contributed by atoms with Crippen LogP contribution in [0, 0.1) is 0 Å². The molecule has 1 unspecified atom stereocenters. The van der Waals surface area contributed by atoms with Crippen molar-refractivity contribution in [3.05, 3.63) is 96.2 Å². The SMILES string of the molecule is NC1=CC=CC(N)(c2cccc3ccc4cc5ccccc5cc4c23)C1. The highest BCUT2D eigenvalue weighted by atomic mass is 14.8. The van der Waals surface area contributed by atoms with Crippen LogP contribution in [0.15, 0.2) is 90.7 Å². The number of benzene rings is 4. The molecule has 0 heterocycles. The fourth-order valence-corrected chi connectivity index (χ4v) is 4.17. The second kappa shape index (κ2) is 5.45. The van der Waals surface area contributed by atoms with Crippen molar-refractivity contribution >= 4 is 32.3 Å². The van der Waals surface area contributed by atoms with Crippen molar-refractivity contribution in [3.63, 3.8) is 0 Å². The van der Waals surface area contributed by atoms with Gasteiger partial charge in [-0.2, -0.15) is 0 Å². The molecule has 4 N–H and O–H groups in total. The molecule has 26 heavy (non-hydrogen) atoms. The Labute approximate surface area is 152 Å². The molecular weight excluding hydrogens is 316 g/mol. The average Bonchev–Trinajstić information content (AvgIpc) is 2.65. The maximum absolute atomic E-state index is 6.83. The third-order valence-corrected chi connectivity index (χ3v) is 5.43. The average molecular weight is 336 g/mol. The van der Waals surface area contributed by atoms with E-state index in [4.69, 9.17) is 11.5 Å².